The van der Waals surface area contributed by atoms with E-state index in [0.717, 1.165) is 0 Å². The van der Waals surface area contributed by atoms with Crippen LogP contribution in [0.3, 0.4) is 0 Å². The van der Waals surface area contributed by atoms with E-state index >= 15 is 0 Å². The molecule has 0 radical (unpaired) electrons. The lowest BCUT2D eigenvalue weighted by Crippen LogP contribution is -2.52. The predicted molar refractivity (Wildman–Crippen MR) is 41.0 cm³/mol. The monoisotopic (exact) mass is 158 g/mol. The van der Waals surface area contributed by atoms with Gasteiger partial charge in [-0.2, -0.15) is 0 Å². The average Bonchev–Trinajstić information content (AvgIpc) is 2.01. The summed E-state index contributed by atoms with van der Waals surface area (Å²) in [7, 11) is 1.78. The summed E-state index contributed by atoms with van der Waals surface area (Å²) >= 11 is 0. The highest BCUT2D eigenvalue weighted by atomic mass is 16.5. The third-order valence-corrected chi connectivity index (χ3v) is 2.04. The van der Waals surface area contributed by atoms with Gasteiger partial charge in [0.15, 0.2) is 0 Å². The Morgan fingerprint density at radius 3 is 3.00 bits per heavy atom. The van der Waals surface area contributed by atoms with Gasteiger partial charge in [-0.25, -0.2) is 0 Å². The molecule has 64 valence electrons. The third-order valence-electron chi connectivity index (χ3n) is 2.04. The number of ether oxygens (including phenoxy) is 1. The van der Waals surface area contributed by atoms with Crippen LogP contribution in [-0.4, -0.2) is 43.2 Å². The second-order valence-electron chi connectivity index (χ2n) is 2.86. The summed E-state index contributed by atoms with van der Waals surface area (Å²) in [5.74, 6) is -0.00810. The number of morpholine rings is 1. The SMILES string of the molecule is CC1COC(CN)C(=O)N1C. The van der Waals surface area contributed by atoms with Gasteiger partial charge in [0.25, 0.3) is 5.91 Å². The molecule has 0 aliphatic carbocycles. The van der Waals surface area contributed by atoms with Crippen LogP contribution in [-0.2, 0) is 9.53 Å². The second-order valence-corrected chi connectivity index (χ2v) is 2.86. The highest BCUT2D eigenvalue weighted by molar-refractivity contribution is 5.81. The predicted octanol–water partition coefficient (Wildman–Crippen LogP) is -0.809. The van der Waals surface area contributed by atoms with E-state index in [4.69, 9.17) is 10.5 Å². The van der Waals surface area contributed by atoms with Crippen molar-refractivity contribution in [2.45, 2.75) is 19.1 Å². The lowest BCUT2D eigenvalue weighted by Gasteiger charge is -2.34. The Bertz CT molecular complexity index is 157. The van der Waals surface area contributed by atoms with Crippen LogP contribution in [0.1, 0.15) is 6.92 Å². The molecule has 0 bridgehead atoms. The molecule has 0 aromatic heterocycles. The minimum absolute atomic E-state index is 0.00810. The number of hydrogen-bond donors (Lipinski definition) is 1. The minimum atomic E-state index is -0.420. The Morgan fingerprint density at radius 2 is 2.45 bits per heavy atom. The number of amides is 1. The molecule has 2 atom stereocenters. The maximum atomic E-state index is 11.3. The quantitative estimate of drug-likeness (QED) is 0.543. The Labute approximate surface area is 66.3 Å². The van der Waals surface area contributed by atoms with Gasteiger partial charge in [0.05, 0.1) is 12.6 Å². The van der Waals surface area contributed by atoms with Gasteiger partial charge in [-0.15, -0.1) is 0 Å². The number of carbonyl (C=O) groups excluding carboxylic acids is 1. The molecule has 4 nitrogen and oxygen atoms in total. The fourth-order valence-electron chi connectivity index (χ4n) is 1.05. The first-order valence-corrected chi connectivity index (χ1v) is 3.75. The molecule has 0 aromatic carbocycles. The van der Waals surface area contributed by atoms with Crippen LogP contribution >= 0.6 is 0 Å². The van der Waals surface area contributed by atoms with Crippen molar-refractivity contribution in [3.05, 3.63) is 0 Å². The van der Waals surface area contributed by atoms with Crippen molar-refractivity contribution in [3.8, 4) is 0 Å². The van der Waals surface area contributed by atoms with Crippen molar-refractivity contribution < 1.29 is 9.53 Å². The fourth-order valence-corrected chi connectivity index (χ4v) is 1.05. The number of likely N-dealkylation sites (N-methyl/N-ethyl adjacent to an activating group) is 1. The van der Waals surface area contributed by atoms with Crippen molar-refractivity contribution in [2.24, 2.45) is 5.73 Å². The van der Waals surface area contributed by atoms with Crippen molar-refractivity contribution in [1.29, 1.82) is 0 Å². The van der Waals surface area contributed by atoms with Gasteiger partial charge in [-0.05, 0) is 6.92 Å². The van der Waals surface area contributed by atoms with E-state index in [2.05, 4.69) is 0 Å². The molecule has 1 heterocycles. The number of hydrogen-bond acceptors (Lipinski definition) is 3. The summed E-state index contributed by atoms with van der Waals surface area (Å²) in [6.07, 6.45) is -0.420. The van der Waals surface area contributed by atoms with E-state index in [1.54, 1.807) is 11.9 Å². The molecule has 1 saturated heterocycles. The van der Waals surface area contributed by atoms with Crippen LogP contribution in [0.4, 0.5) is 0 Å². The maximum absolute atomic E-state index is 11.3. The smallest absolute Gasteiger partial charge is 0.253 e. The molecule has 4 heteroatoms. The molecule has 0 spiro atoms. The summed E-state index contributed by atoms with van der Waals surface area (Å²) in [4.78, 5) is 13.0. The Hall–Kier alpha value is -0.610. The Morgan fingerprint density at radius 1 is 1.82 bits per heavy atom. The highest BCUT2D eigenvalue weighted by Gasteiger charge is 2.30. The molecular formula is C7H14N2O2. The zero-order chi connectivity index (χ0) is 8.43. The van der Waals surface area contributed by atoms with Gasteiger partial charge in [0.1, 0.15) is 6.10 Å². The van der Waals surface area contributed by atoms with E-state index in [-0.39, 0.29) is 18.5 Å². The molecule has 1 amide bonds. The lowest BCUT2D eigenvalue weighted by molar-refractivity contribution is -0.154. The first-order chi connectivity index (χ1) is 5.16. The zero-order valence-electron chi connectivity index (χ0n) is 6.91. The molecule has 0 aromatic rings. The molecule has 1 aliphatic rings. The minimum Gasteiger partial charge on any atom is -0.365 e. The average molecular weight is 158 g/mol. The van der Waals surface area contributed by atoms with Gasteiger partial charge >= 0.3 is 0 Å². The van der Waals surface area contributed by atoms with Gasteiger partial charge < -0.3 is 15.4 Å². The van der Waals surface area contributed by atoms with Gasteiger partial charge in [0.2, 0.25) is 0 Å². The van der Waals surface area contributed by atoms with Crippen LogP contribution in [0.15, 0.2) is 0 Å². The number of carbonyl (C=O) groups is 1. The first-order valence-electron chi connectivity index (χ1n) is 3.75. The van der Waals surface area contributed by atoms with Crippen LogP contribution in [0.2, 0.25) is 0 Å². The summed E-state index contributed by atoms with van der Waals surface area (Å²) in [6.45, 7) is 2.81. The summed E-state index contributed by atoms with van der Waals surface area (Å²) in [6, 6.07) is 0.172. The van der Waals surface area contributed by atoms with Crippen molar-refractivity contribution in [3.63, 3.8) is 0 Å². The van der Waals surface area contributed by atoms with E-state index in [1.165, 1.54) is 0 Å². The molecule has 0 saturated carbocycles. The molecule has 2 unspecified atom stereocenters. The first kappa shape index (κ1) is 8.49. The van der Waals surface area contributed by atoms with Crippen LogP contribution < -0.4 is 5.73 Å². The van der Waals surface area contributed by atoms with E-state index in [0.29, 0.717) is 6.61 Å². The van der Waals surface area contributed by atoms with Crippen molar-refractivity contribution in [2.75, 3.05) is 20.2 Å². The van der Waals surface area contributed by atoms with Gasteiger partial charge in [-0.3, -0.25) is 4.79 Å². The molecular weight excluding hydrogens is 144 g/mol. The van der Waals surface area contributed by atoms with E-state index < -0.39 is 6.10 Å². The molecule has 1 aliphatic heterocycles. The summed E-state index contributed by atoms with van der Waals surface area (Å²) < 4.78 is 5.21. The normalized spacial score (nSPS) is 32.6. The molecule has 11 heavy (non-hydrogen) atoms. The van der Waals surface area contributed by atoms with E-state index in [9.17, 15) is 4.79 Å². The topological polar surface area (TPSA) is 55.6 Å². The van der Waals surface area contributed by atoms with Crippen molar-refractivity contribution >= 4 is 5.91 Å². The standard InChI is InChI=1S/C7H14N2O2/c1-5-4-11-6(3-8)7(10)9(5)2/h5-6H,3-4,8H2,1-2H3. The van der Waals surface area contributed by atoms with Crippen molar-refractivity contribution in [1.82, 2.24) is 4.90 Å². The largest absolute Gasteiger partial charge is 0.365 e. The third kappa shape index (κ3) is 1.52. The number of nitrogens with two attached hydrogens (primary N) is 1. The number of rotatable bonds is 1. The number of nitrogens with zero attached hydrogens (tertiary/aromatic N) is 1. The molecule has 1 fully saturated rings. The summed E-state index contributed by atoms with van der Waals surface area (Å²) in [5, 5.41) is 0. The maximum Gasteiger partial charge on any atom is 0.253 e. The highest BCUT2D eigenvalue weighted by Crippen LogP contribution is 2.09. The summed E-state index contributed by atoms with van der Waals surface area (Å²) in [5.41, 5.74) is 5.33. The zero-order valence-corrected chi connectivity index (χ0v) is 6.91. The molecule has 2 N–H and O–H groups in total. The lowest BCUT2D eigenvalue weighted by atomic mass is 10.2. The van der Waals surface area contributed by atoms with Crippen LogP contribution in [0.5, 0.6) is 0 Å². The Balaban J connectivity index is 2.59. The fraction of sp³-hybridized carbons (Fsp3) is 0.857. The van der Waals surface area contributed by atoms with E-state index in [1.807, 2.05) is 6.92 Å². The van der Waals surface area contributed by atoms with Gasteiger partial charge in [0, 0.05) is 13.6 Å². The Kier molecular flexibility index (Phi) is 2.46. The second kappa shape index (κ2) is 3.19. The van der Waals surface area contributed by atoms with Gasteiger partial charge in [-0.1, -0.05) is 0 Å². The van der Waals surface area contributed by atoms with Crippen LogP contribution in [0, 0.1) is 0 Å². The molecule has 1 rings (SSSR count). The van der Waals surface area contributed by atoms with Crippen LogP contribution in [0.25, 0.3) is 0 Å².